The number of ether oxygens (including phenoxy) is 2. The predicted octanol–water partition coefficient (Wildman–Crippen LogP) is 4.20. The zero-order valence-corrected chi connectivity index (χ0v) is 25.3. The number of aliphatic hydroxyl groups excluding tert-OH is 2. The Morgan fingerprint density at radius 1 is 1.17 bits per heavy atom. The van der Waals surface area contributed by atoms with Crippen LogP contribution in [0.25, 0.3) is 0 Å². The molecule has 3 N–H and O–H groups in total. The zero-order chi connectivity index (χ0) is 29.5. The molecule has 8 nitrogen and oxygen atoms in total. The van der Waals surface area contributed by atoms with E-state index in [9.17, 15) is 19.8 Å². The van der Waals surface area contributed by atoms with Gasteiger partial charge in [-0.25, -0.2) is 0 Å². The van der Waals surface area contributed by atoms with Gasteiger partial charge in [-0.1, -0.05) is 71.6 Å². The number of nitrogens with one attached hydrogen (secondary N) is 1. The summed E-state index contributed by atoms with van der Waals surface area (Å²) in [4.78, 5) is 29.0. The average Bonchev–Trinajstić information content (AvgIpc) is 3.35. The second kappa shape index (κ2) is 14.7. The molecule has 3 aliphatic rings. The van der Waals surface area contributed by atoms with Crippen LogP contribution in [0.15, 0.2) is 35.9 Å². The van der Waals surface area contributed by atoms with Gasteiger partial charge in [-0.2, -0.15) is 0 Å². The zero-order valence-electron chi connectivity index (χ0n) is 25.3. The van der Waals surface area contributed by atoms with E-state index in [4.69, 9.17) is 9.47 Å². The van der Waals surface area contributed by atoms with Crippen LogP contribution < -0.4 is 10.1 Å². The van der Waals surface area contributed by atoms with E-state index in [1.807, 2.05) is 24.3 Å². The third kappa shape index (κ3) is 7.33. The molecule has 4 rings (SSSR count). The molecule has 2 amide bonds. The molecule has 1 saturated carbocycles. The third-order valence-corrected chi connectivity index (χ3v) is 9.19. The van der Waals surface area contributed by atoms with Gasteiger partial charge in [0.05, 0.1) is 24.7 Å². The summed E-state index contributed by atoms with van der Waals surface area (Å²) in [5.41, 5.74) is 1.30. The highest BCUT2D eigenvalue weighted by Gasteiger charge is 2.50. The molecule has 0 saturated heterocycles. The van der Waals surface area contributed by atoms with Crippen molar-refractivity contribution < 1.29 is 29.3 Å². The van der Waals surface area contributed by atoms with Crippen molar-refractivity contribution in [1.82, 2.24) is 10.2 Å². The number of nitrogens with zero attached hydrogens (tertiary/aromatic N) is 1. The molecule has 0 spiro atoms. The van der Waals surface area contributed by atoms with Crippen molar-refractivity contribution in [2.24, 2.45) is 17.8 Å². The summed E-state index contributed by atoms with van der Waals surface area (Å²) >= 11 is 0. The minimum Gasteiger partial charge on any atom is -0.486 e. The van der Waals surface area contributed by atoms with E-state index in [2.05, 4.69) is 33.0 Å². The molecule has 1 aliphatic heterocycles. The second-order valence-corrected chi connectivity index (χ2v) is 12.5. The molecule has 1 aromatic rings. The van der Waals surface area contributed by atoms with Crippen LogP contribution in [0.4, 0.5) is 0 Å². The molecular formula is C33H50N2O6. The Hall–Kier alpha value is -2.42. The summed E-state index contributed by atoms with van der Waals surface area (Å²) < 4.78 is 12.6. The first-order valence-electron chi connectivity index (χ1n) is 15.7. The lowest BCUT2D eigenvalue weighted by molar-refractivity contribution is -0.147. The van der Waals surface area contributed by atoms with E-state index < -0.39 is 24.2 Å². The van der Waals surface area contributed by atoms with E-state index in [0.717, 1.165) is 44.1 Å². The van der Waals surface area contributed by atoms with Crippen molar-refractivity contribution in [2.75, 3.05) is 26.3 Å². The lowest BCUT2D eigenvalue weighted by atomic mass is 9.75. The molecule has 0 radical (unpaired) electrons. The summed E-state index contributed by atoms with van der Waals surface area (Å²) in [6.07, 6.45) is 7.22. The highest BCUT2D eigenvalue weighted by Crippen LogP contribution is 2.47. The first kappa shape index (κ1) is 31.5. The molecule has 1 aromatic carbocycles. The Bertz CT molecular complexity index is 1060. The largest absolute Gasteiger partial charge is 0.486 e. The Morgan fingerprint density at radius 2 is 1.95 bits per heavy atom. The number of hydrogen-bond donors (Lipinski definition) is 3. The van der Waals surface area contributed by atoms with Gasteiger partial charge in [0.1, 0.15) is 24.6 Å². The fraction of sp³-hybridized carbons (Fsp3) is 0.697. The van der Waals surface area contributed by atoms with Crippen LogP contribution in [0.2, 0.25) is 0 Å². The molecule has 2 aliphatic carbocycles. The summed E-state index contributed by atoms with van der Waals surface area (Å²) in [6, 6.07) is 6.79. The number of amides is 2. The van der Waals surface area contributed by atoms with Gasteiger partial charge in [0.2, 0.25) is 11.8 Å². The standard InChI is InChI=1S/C33H50N2O6/c1-5-6-7-10-16-35(29(37)20-40-28-18-22(4)13-14-23(28)21(2)3)26-19-25(33(39)34-15-17-36)30-24-11-8-9-12-27(24)41-32(30)31(26)38/h8-9,11-12,19,21-23,26,28,30-32,36,38H,5-7,10,13-18,20H2,1-4H3,(H,34,39). The lowest BCUT2D eigenvalue weighted by Gasteiger charge is -2.41. The van der Waals surface area contributed by atoms with Crippen molar-refractivity contribution in [3.8, 4) is 5.75 Å². The van der Waals surface area contributed by atoms with E-state index in [-0.39, 0.29) is 37.7 Å². The summed E-state index contributed by atoms with van der Waals surface area (Å²) in [5, 5.41) is 23.8. The third-order valence-electron chi connectivity index (χ3n) is 9.19. The summed E-state index contributed by atoms with van der Waals surface area (Å²) in [7, 11) is 0. The Balaban J connectivity index is 1.60. The molecule has 0 aromatic heterocycles. The van der Waals surface area contributed by atoms with Crippen LogP contribution in [-0.4, -0.2) is 77.6 Å². The average molecular weight is 571 g/mol. The molecule has 1 heterocycles. The van der Waals surface area contributed by atoms with Gasteiger partial charge < -0.3 is 29.9 Å². The molecule has 0 bridgehead atoms. The van der Waals surface area contributed by atoms with Crippen LogP contribution in [0.1, 0.15) is 84.1 Å². The van der Waals surface area contributed by atoms with Crippen LogP contribution in [0, 0.1) is 17.8 Å². The minimum absolute atomic E-state index is 0.0355. The topological polar surface area (TPSA) is 108 Å². The number of hydrogen-bond acceptors (Lipinski definition) is 6. The number of carbonyl (C=O) groups is 2. The van der Waals surface area contributed by atoms with Crippen LogP contribution >= 0.6 is 0 Å². The molecule has 41 heavy (non-hydrogen) atoms. The van der Waals surface area contributed by atoms with Crippen LogP contribution in [-0.2, 0) is 14.3 Å². The summed E-state index contributed by atoms with van der Waals surface area (Å²) in [5.74, 6) is 1.15. The highest BCUT2D eigenvalue weighted by atomic mass is 16.5. The quantitative estimate of drug-likeness (QED) is 0.307. The number of aliphatic hydroxyl groups is 2. The molecule has 228 valence electrons. The first-order valence-corrected chi connectivity index (χ1v) is 15.7. The van der Waals surface area contributed by atoms with E-state index in [1.165, 1.54) is 6.42 Å². The molecule has 7 unspecified atom stereocenters. The summed E-state index contributed by atoms with van der Waals surface area (Å²) in [6.45, 7) is 9.20. The van der Waals surface area contributed by atoms with Gasteiger partial charge in [0.15, 0.2) is 0 Å². The SMILES string of the molecule is CCCCCCN(C(=O)COC1CC(C)CCC1C(C)C)C1C=C(C(=O)NCCO)C2c3ccccc3OC2C1O. The van der Waals surface area contributed by atoms with Crippen molar-refractivity contribution in [2.45, 2.75) is 103 Å². The van der Waals surface area contributed by atoms with E-state index in [1.54, 1.807) is 11.0 Å². The minimum atomic E-state index is -1.02. The molecule has 1 fully saturated rings. The smallest absolute Gasteiger partial charge is 0.249 e. The van der Waals surface area contributed by atoms with E-state index >= 15 is 0 Å². The molecular weight excluding hydrogens is 520 g/mol. The number of para-hydroxylation sites is 1. The maximum atomic E-state index is 13.9. The van der Waals surface area contributed by atoms with Crippen molar-refractivity contribution >= 4 is 11.8 Å². The van der Waals surface area contributed by atoms with Gasteiger partial charge in [0.25, 0.3) is 0 Å². The van der Waals surface area contributed by atoms with Crippen LogP contribution in [0.5, 0.6) is 5.75 Å². The molecule has 8 heteroatoms. The van der Waals surface area contributed by atoms with Crippen LogP contribution in [0.3, 0.4) is 0 Å². The van der Waals surface area contributed by atoms with Gasteiger partial charge in [-0.05, 0) is 49.2 Å². The maximum Gasteiger partial charge on any atom is 0.249 e. The number of rotatable bonds is 13. The normalized spacial score (nSPS) is 28.9. The van der Waals surface area contributed by atoms with Gasteiger partial charge in [-0.3, -0.25) is 9.59 Å². The number of fused-ring (bicyclic) bond motifs is 3. The number of benzene rings is 1. The van der Waals surface area contributed by atoms with Crippen molar-refractivity contribution in [1.29, 1.82) is 0 Å². The van der Waals surface area contributed by atoms with Crippen molar-refractivity contribution in [3.05, 3.63) is 41.5 Å². The first-order chi connectivity index (χ1) is 19.8. The fourth-order valence-corrected chi connectivity index (χ4v) is 6.91. The van der Waals surface area contributed by atoms with Gasteiger partial charge in [0, 0.05) is 24.2 Å². The lowest BCUT2D eigenvalue weighted by Crippen LogP contribution is -2.56. The van der Waals surface area contributed by atoms with E-state index in [0.29, 0.717) is 35.6 Å². The number of unbranched alkanes of at least 4 members (excludes halogenated alkanes) is 3. The van der Waals surface area contributed by atoms with Gasteiger partial charge in [-0.15, -0.1) is 0 Å². The predicted molar refractivity (Wildman–Crippen MR) is 159 cm³/mol. The highest BCUT2D eigenvalue weighted by molar-refractivity contribution is 5.96. The Labute approximate surface area is 245 Å². The fourth-order valence-electron chi connectivity index (χ4n) is 6.91. The Morgan fingerprint density at radius 3 is 2.68 bits per heavy atom. The van der Waals surface area contributed by atoms with Crippen molar-refractivity contribution in [3.63, 3.8) is 0 Å². The second-order valence-electron chi connectivity index (χ2n) is 12.5. The molecule has 7 atom stereocenters. The van der Waals surface area contributed by atoms with Gasteiger partial charge >= 0.3 is 0 Å². The Kier molecular flexibility index (Phi) is 11.3. The maximum absolute atomic E-state index is 13.9. The monoisotopic (exact) mass is 570 g/mol. The number of carbonyl (C=O) groups excluding carboxylic acids is 2.